The zero-order valence-electron chi connectivity index (χ0n) is 11.9. The highest BCUT2D eigenvalue weighted by Crippen LogP contribution is 2.20. The third kappa shape index (κ3) is 3.57. The minimum Gasteiger partial charge on any atom is -0.378 e. The molecule has 0 spiro atoms. The van der Waals surface area contributed by atoms with Crippen LogP contribution in [0.5, 0.6) is 0 Å². The zero-order chi connectivity index (χ0) is 14.5. The van der Waals surface area contributed by atoms with E-state index in [1.165, 1.54) is 0 Å². The van der Waals surface area contributed by atoms with Crippen LogP contribution in [0, 0.1) is 13.8 Å². The molecule has 0 bridgehead atoms. The predicted molar refractivity (Wildman–Crippen MR) is 76.5 cm³/mol. The second-order valence-electron chi connectivity index (χ2n) is 4.51. The lowest BCUT2D eigenvalue weighted by Gasteiger charge is -2.10. The molecular formula is C14H18N4O2. The molecule has 2 N–H and O–H groups in total. The van der Waals surface area contributed by atoms with Crippen molar-refractivity contribution in [2.45, 2.75) is 33.7 Å². The van der Waals surface area contributed by atoms with E-state index in [9.17, 15) is 4.79 Å². The first kappa shape index (κ1) is 14.0. The number of rotatable bonds is 5. The smallest absolute Gasteiger partial charge is 0.224 e. The van der Waals surface area contributed by atoms with Crippen molar-refractivity contribution < 1.29 is 9.32 Å². The molecule has 0 radical (unpaired) electrons. The van der Waals surface area contributed by atoms with Crippen molar-refractivity contribution in [3.05, 3.63) is 35.5 Å². The largest absolute Gasteiger partial charge is 0.378 e. The van der Waals surface area contributed by atoms with E-state index >= 15 is 0 Å². The number of nitrogens with one attached hydrogen (secondary N) is 2. The highest BCUT2D eigenvalue weighted by atomic mass is 16.5. The molecule has 0 atom stereocenters. The van der Waals surface area contributed by atoms with Crippen LogP contribution in [-0.4, -0.2) is 16.0 Å². The van der Waals surface area contributed by atoms with E-state index in [1.807, 2.05) is 32.0 Å². The highest BCUT2D eigenvalue weighted by molar-refractivity contribution is 5.91. The van der Waals surface area contributed by atoms with Crippen LogP contribution in [0.25, 0.3) is 0 Å². The first-order valence-electron chi connectivity index (χ1n) is 6.52. The second kappa shape index (κ2) is 6.18. The second-order valence-corrected chi connectivity index (χ2v) is 4.51. The lowest BCUT2D eigenvalue weighted by molar-refractivity contribution is -0.115. The Labute approximate surface area is 117 Å². The normalized spacial score (nSPS) is 10.3. The summed E-state index contributed by atoms with van der Waals surface area (Å²) in [6.45, 7) is 6.03. The topological polar surface area (TPSA) is 80.0 Å². The molecule has 1 amide bonds. The van der Waals surface area contributed by atoms with Gasteiger partial charge >= 0.3 is 0 Å². The van der Waals surface area contributed by atoms with Gasteiger partial charge in [-0.3, -0.25) is 4.79 Å². The number of carbonyl (C=O) groups excluding carboxylic acids is 1. The Hall–Kier alpha value is -2.37. The summed E-state index contributed by atoms with van der Waals surface area (Å²) in [5.41, 5.74) is 2.78. The molecule has 0 aliphatic carbocycles. The van der Waals surface area contributed by atoms with Gasteiger partial charge in [-0.2, -0.15) is 4.98 Å². The fourth-order valence-corrected chi connectivity index (χ4v) is 1.75. The Morgan fingerprint density at radius 2 is 2.15 bits per heavy atom. The van der Waals surface area contributed by atoms with Crippen molar-refractivity contribution in [1.82, 2.24) is 10.1 Å². The number of amides is 1. The van der Waals surface area contributed by atoms with Gasteiger partial charge in [0, 0.05) is 24.7 Å². The maximum atomic E-state index is 11.4. The minimum absolute atomic E-state index is 0.0103. The molecule has 0 saturated heterocycles. The lowest BCUT2D eigenvalue weighted by atomic mass is 10.1. The molecule has 2 aromatic rings. The van der Waals surface area contributed by atoms with Crippen LogP contribution in [-0.2, 0) is 11.3 Å². The van der Waals surface area contributed by atoms with Crippen molar-refractivity contribution in [1.29, 1.82) is 0 Å². The van der Waals surface area contributed by atoms with Crippen molar-refractivity contribution in [2.24, 2.45) is 0 Å². The molecule has 1 aromatic carbocycles. The van der Waals surface area contributed by atoms with E-state index in [2.05, 4.69) is 20.8 Å². The van der Waals surface area contributed by atoms with Crippen LogP contribution in [0.15, 0.2) is 22.7 Å². The number of aryl methyl sites for hydroxylation is 2. The summed E-state index contributed by atoms with van der Waals surface area (Å²) in [5.74, 6) is 1.18. The van der Waals surface area contributed by atoms with Crippen LogP contribution < -0.4 is 10.6 Å². The fraction of sp³-hybridized carbons (Fsp3) is 0.357. The molecule has 0 aliphatic rings. The highest BCUT2D eigenvalue weighted by Gasteiger charge is 2.05. The van der Waals surface area contributed by atoms with E-state index in [0.29, 0.717) is 24.7 Å². The molecule has 0 saturated carbocycles. The van der Waals surface area contributed by atoms with Gasteiger partial charge in [-0.05, 0) is 30.7 Å². The standard InChI is InChI=1S/C14H18N4O2/c1-4-14(19)17-12-6-5-11(7-9(12)2)15-8-13-16-10(3)20-18-13/h5-7,15H,4,8H2,1-3H3,(H,17,19). The molecule has 0 fully saturated rings. The summed E-state index contributed by atoms with van der Waals surface area (Å²) in [7, 11) is 0. The van der Waals surface area contributed by atoms with E-state index in [0.717, 1.165) is 16.9 Å². The molecular weight excluding hydrogens is 256 g/mol. The van der Waals surface area contributed by atoms with Gasteiger partial charge in [0.2, 0.25) is 11.8 Å². The average Bonchev–Trinajstić information content (AvgIpc) is 2.85. The number of benzene rings is 1. The molecule has 1 aromatic heterocycles. The summed E-state index contributed by atoms with van der Waals surface area (Å²) in [6.07, 6.45) is 0.469. The summed E-state index contributed by atoms with van der Waals surface area (Å²) < 4.78 is 4.90. The van der Waals surface area contributed by atoms with Gasteiger partial charge in [0.1, 0.15) is 0 Å². The number of hydrogen-bond donors (Lipinski definition) is 2. The fourth-order valence-electron chi connectivity index (χ4n) is 1.75. The summed E-state index contributed by atoms with van der Waals surface area (Å²) in [4.78, 5) is 15.5. The van der Waals surface area contributed by atoms with E-state index in [4.69, 9.17) is 4.52 Å². The Bertz CT molecular complexity index is 607. The van der Waals surface area contributed by atoms with Crippen LogP contribution >= 0.6 is 0 Å². The minimum atomic E-state index is 0.0103. The van der Waals surface area contributed by atoms with Gasteiger partial charge in [0.05, 0.1) is 6.54 Å². The maximum Gasteiger partial charge on any atom is 0.224 e. The zero-order valence-corrected chi connectivity index (χ0v) is 11.9. The third-order valence-electron chi connectivity index (χ3n) is 2.84. The van der Waals surface area contributed by atoms with Crippen LogP contribution in [0.4, 0.5) is 11.4 Å². The molecule has 6 heteroatoms. The van der Waals surface area contributed by atoms with Gasteiger partial charge in [-0.25, -0.2) is 0 Å². The lowest BCUT2D eigenvalue weighted by Crippen LogP contribution is -2.10. The first-order valence-corrected chi connectivity index (χ1v) is 6.52. The first-order chi connectivity index (χ1) is 9.58. The summed E-state index contributed by atoms with van der Waals surface area (Å²) in [5, 5.41) is 9.89. The molecule has 106 valence electrons. The molecule has 20 heavy (non-hydrogen) atoms. The van der Waals surface area contributed by atoms with Gasteiger partial charge in [-0.15, -0.1) is 0 Å². The van der Waals surface area contributed by atoms with Gasteiger partial charge in [0.15, 0.2) is 5.82 Å². The Kier molecular flexibility index (Phi) is 4.34. The molecule has 2 rings (SSSR count). The Morgan fingerprint density at radius 1 is 1.35 bits per heavy atom. The summed E-state index contributed by atoms with van der Waals surface area (Å²) in [6, 6.07) is 5.76. The number of carbonyl (C=O) groups is 1. The molecule has 6 nitrogen and oxygen atoms in total. The maximum absolute atomic E-state index is 11.4. The van der Waals surface area contributed by atoms with Crippen molar-refractivity contribution in [3.8, 4) is 0 Å². The Balaban J connectivity index is 1.99. The van der Waals surface area contributed by atoms with Gasteiger partial charge < -0.3 is 15.2 Å². The van der Waals surface area contributed by atoms with E-state index < -0.39 is 0 Å². The Morgan fingerprint density at radius 3 is 2.75 bits per heavy atom. The van der Waals surface area contributed by atoms with Crippen LogP contribution in [0.1, 0.15) is 30.6 Å². The quantitative estimate of drug-likeness (QED) is 0.876. The van der Waals surface area contributed by atoms with Gasteiger partial charge in [0.25, 0.3) is 0 Å². The number of anilines is 2. The SMILES string of the molecule is CCC(=O)Nc1ccc(NCc2noc(C)n2)cc1C. The monoisotopic (exact) mass is 274 g/mol. The van der Waals surface area contributed by atoms with Crippen LogP contribution in [0.2, 0.25) is 0 Å². The van der Waals surface area contributed by atoms with E-state index in [1.54, 1.807) is 6.92 Å². The molecule has 0 unspecified atom stereocenters. The number of aromatic nitrogens is 2. The average molecular weight is 274 g/mol. The van der Waals surface area contributed by atoms with Crippen molar-refractivity contribution in [3.63, 3.8) is 0 Å². The van der Waals surface area contributed by atoms with Crippen LogP contribution in [0.3, 0.4) is 0 Å². The van der Waals surface area contributed by atoms with Crippen molar-refractivity contribution in [2.75, 3.05) is 10.6 Å². The van der Waals surface area contributed by atoms with Gasteiger partial charge in [-0.1, -0.05) is 12.1 Å². The number of nitrogens with zero attached hydrogens (tertiary/aromatic N) is 2. The van der Waals surface area contributed by atoms with Crippen molar-refractivity contribution >= 4 is 17.3 Å². The predicted octanol–water partition coefficient (Wildman–Crippen LogP) is 2.65. The third-order valence-corrected chi connectivity index (χ3v) is 2.84. The number of hydrogen-bond acceptors (Lipinski definition) is 5. The summed E-state index contributed by atoms with van der Waals surface area (Å²) >= 11 is 0. The van der Waals surface area contributed by atoms with E-state index in [-0.39, 0.29) is 5.91 Å². The molecule has 1 heterocycles. The molecule has 0 aliphatic heterocycles.